The van der Waals surface area contributed by atoms with Crippen LogP contribution >= 0.6 is 15.9 Å². The Kier molecular flexibility index (Phi) is 3.49. The van der Waals surface area contributed by atoms with Gasteiger partial charge in [0.2, 0.25) is 0 Å². The third-order valence-electron chi connectivity index (χ3n) is 3.59. The van der Waals surface area contributed by atoms with E-state index in [4.69, 9.17) is 0 Å². The predicted molar refractivity (Wildman–Crippen MR) is 82.3 cm³/mol. The van der Waals surface area contributed by atoms with Crippen LogP contribution in [0.5, 0.6) is 0 Å². The number of benzene rings is 2. The Hall–Kier alpha value is -1.81. The lowest BCUT2D eigenvalue weighted by atomic mass is 10.1. The summed E-state index contributed by atoms with van der Waals surface area (Å²) in [5.74, 6) is -0.450. The van der Waals surface area contributed by atoms with Gasteiger partial charge in [0, 0.05) is 16.4 Å². The van der Waals surface area contributed by atoms with Gasteiger partial charge in [-0.2, -0.15) is 0 Å². The molecule has 4 heteroatoms. The van der Waals surface area contributed by atoms with Crippen molar-refractivity contribution in [2.45, 2.75) is 18.4 Å². The molecule has 2 atom stereocenters. The lowest BCUT2D eigenvalue weighted by Crippen LogP contribution is -2.10. The van der Waals surface area contributed by atoms with Gasteiger partial charge in [-0.05, 0) is 40.0 Å². The fraction of sp³-hybridized carbons (Fsp3) is 0.188. The number of hydrogen-bond donors (Lipinski definition) is 2. The molecule has 3 nitrogen and oxygen atoms in total. The second-order valence-electron chi connectivity index (χ2n) is 4.97. The van der Waals surface area contributed by atoms with Crippen LogP contribution in [0.3, 0.4) is 0 Å². The molecule has 1 aliphatic carbocycles. The van der Waals surface area contributed by atoms with E-state index in [0.717, 1.165) is 6.42 Å². The van der Waals surface area contributed by atoms with Crippen LogP contribution in [0.4, 0.5) is 5.69 Å². The first-order valence-corrected chi connectivity index (χ1v) is 7.29. The number of carboxylic acids is 1. The lowest BCUT2D eigenvalue weighted by Gasteiger charge is -2.10. The van der Waals surface area contributed by atoms with Crippen LogP contribution in [0.25, 0.3) is 0 Å². The van der Waals surface area contributed by atoms with Crippen molar-refractivity contribution in [2.75, 3.05) is 5.32 Å². The molecule has 102 valence electrons. The smallest absolute Gasteiger partial charge is 0.338 e. The molecule has 1 fully saturated rings. The monoisotopic (exact) mass is 331 g/mol. The van der Waals surface area contributed by atoms with Gasteiger partial charge in [0.1, 0.15) is 0 Å². The second kappa shape index (κ2) is 5.29. The second-order valence-corrected chi connectivity index (χ2v) is 5.83. The normalized spacial score (nSPS) is 20.4. The molecule has 0 radical (unpaired) electrons. The van der Waals surface area contributed by atoms with Crippen molar-refractivity contribution >= 4 is 27.6 Å². The van der Waals surface area contributed by atoms with Crippen LogP contribution < -0.4 is 5.32 Å². The summed E-state index contributed by atoms with van der Waals surface area (Å²) >= 11 is 3.30. The average Bonchev–Trinajstić information content (AvgIpc) is 3.18. The Morgan fingerprint density at radius 2 is 1.90 bits per heavy atom. The van der Waals surface area contributed by atoms with Crippen molar-refractivity contribution in [3.05, 3.63) is 64.1 Å². The van der Waals surface area contributed by atoms with Gasteiger partial charge in [-0.15, -0.1) is 0 Å². The molecule has 0 spiro atoms. The van der Waals surface area contributed by atoms with Crippen molar-refractivity contribution in [3.8, 4) is 0 Å². The number of hydrogen-bond acceptors (Lipinski definition) is 2. The molecule has 1 aliphatic rings. The SMILES string of the molecule is O=C(O)c1c(Br)cccc1NC1CC1c1ccccc1. The van der Waals surface area contributed by atoms with E-state index in [9.17, 15) is 9.90 Å². The van der Waals surface area contributed by atoms with Crippen LogP contribution in [0, 0.1) is 0 Å². The average molecular weight is 332 g/mol. The molecule has 0 aromatic heterocycles. The minimum Gasteiger partial charge on any atom is -0.478 e. The Morgan fingerprint density at radius 1 is 1.15 bits per heavy atom. The van der Waals surface area contributed by atoms with Crippen LogP contribution in [-0.4, -0.2) is 17.1 Å². The third kappa shape index (κ3) is 2.56. The van der Waals surface area contributed by atoms with E-state index in [2.05, 4.69) is 33.4 Å². The number of carbonyl (C=O) groups is 1. The highest BCUT2D eigenvalue weighted by Gasteiger charge is 2.38. The number of carboxylic acid groups (broad SMARTS) is 1. The fourth-order valence-electron chi connectivity index (χ4n) is 2.48. The number of nitrogens with one attached hydrogen (secondary N) is 1. The van der Waals surface area contributed by atoms with Gasteiger partial charge in [0.25, 0.3) is 0 Å². The first kappa shape index (κ1) is 13.2. The highest BCUT2D eigenvalue weighted by Crippen LogP contribution is 2.43. The van der Waals surface area contributed by atoms with Crippen molar-refractivity contribution in [2.24, 2.45) is 0 Å². The molecule has 2 unspecified atom stereocenters. The largest absolute Gasteiger partial charge is 0.478 e. The third-order valence-corrected chi connectivity index (χ3v) is 4.25. The molecule has 2 aromatic carbocycles. The Bertz CT molecular complexity index is 642. The van der Waals surface area contributed by atoms with E-state index in [-0.39, 0.29) is 0 Å². The molecule has 2 aromatic rings. The van der Waals surface area contributed by atoms with Crippen molar-refractivity contribution in [1.29, 1.82) is 0 Å². The van der Waals surface area contributed by atoms with Gasteiger partial charge in [-0.1, -0.05) is 36.4 Å². The van der Waals surface area contributed by atoms with Gasteiger partial charge >= 0.3 is 5.97 Å². The molecular weight excluding hydrogens is 318 g/mol. The van der Waals surface area contributed by atoms with Crippen molar-refractivity contribution in [1.82, 2.24) is 0 Å². The summed E-state index contributed by atoms with van der Waals surface area (Å²) in [5.41, 5.74) is 2.28. The Labute approximate surface area is 125 Å². The highest BCUT2D eigenvalue weighted by atomic mass is 79.9. The minimum atomic E-state index is -0.920. The van der Waals surface area contributed by atoms with E-state index < -0.39 is 5.97 Å². The number of halogens is 1. The molecule has 3 rings (SSSR count). The topological polar surface area (TPSA) is 49.3 Å². The summed E-state index contributed by atoms with van der Waals surface area (Å²) in [6, 6.07) is 16.0. The summed E-state index contributed by atoms with van der Waals surface area (Å²) in [5, 5.41) is 12.6. The van der Waals surface area contributed by atoms with E-state index in [1.165, 1.54) is 5.56 Å². The summed E-state index contributed by atoms with van der Waals surface area (Å²) < 4.78 is 0.604. The molecule has 0 saturated heterocycles. The van der Waals surface area contributed by atoms with Gasteiger partial charge < -0.3 is 10.4 Å². The molecule has 20 heavy (non-hydrogen) atoms. The highest BCUT2D eigenvalue weighted by molar-refractivity contribution is 9.10. The first-order valence-electron chi connectivity index (χ1n) is 6.50. The van der Waals surface area contributed by atoms with Gasteiger partial charge in [-0.25, -0.2) is 4.79 Å². The fourth-order valence-corrected chi connectivity index (χ4v) is 3.02. The lowest BCUT2D eigenvalue weighted by molar-refractivity contribution is 0.0697. The zero-order valence-electron chi connectivity index (χ0n) is 10.7. The molecule has 0 amide bonds. The quantitative estimate of drug-likeness (QED) is 0.886. The number of anilines is 1. The zero-order chi connectivity index (χ0) is 14.1. The van der Waals surface area contributed by atoms with Crippen LogP contribution in [0.1, 0.15) is 28.3 Å². The Morgan fingerprint density at radius 3 is 2.60 bits per heavy atom. The number of rotatable bonds is 4. The molecule has 1 saturated carbocycles. The summed E-state index contributed by atoms with van der Waals surface area (Å²) in [7, 11) is 0. The molecule has 0 aliphatic heterocycles. The van der Waals surface area contributed by atoms with Gasteiger partial charge in [-0.3, -0.25) is 0 Å². The van der Waals surface area contributed by atoms with E-state index in [0.29, 0.717) is 27.7 Å². The molecule has 0 heterocycles. The van der Waals surface area contributed by atoms with Crippen LogP contribution in [0.15, 0.2) is 53.0 Å². The Balaban J connectivity index is 1.78. The molecule has 2 N–H and O–H groups in total. The van der Waals surface area contributed by atoms with Crippen LogP contribution in [-0.2, 0) is 0 Å². The maximum atomic E-state index is 11.3. The number of aromatic carboxylic acids is 1. The van der Waals surface area contributed by atoms with E-state index in [1.807, 2.05) is 30.3 Å². The van der Waals surface area contributed by atoms with Crippen molar-refractivity contribution in [3.63, 3.8) is 0 Å². The minimum absolute atomic E-state index is 0.297. The summed E-state index contributed by atoms with van der Waals surface area (Å²) in [6.07, 6.45) is 1.04. The summed E-state index contributed by atoms with van der Waals surface area (Å²) in [4.78, 5) is 11.3. The zero-order valence-corrected chi connectivity index (χ0v) is 12.3. The first-order chi connectivity index (χ1) is 9.66. The maximum absolute atomic E-state index is 11.3. The molecular formula is C16H14BrNO2. The standard InChI is InChI=1S/C16H14BrNO2/c17-12-7-4-8-13(15(12)16(19)20)18-14-9-11(14)10-5-2-1-3-6-10/h1-8,11,14,18H,9H2,(H,19,20). The van der Waals surface area contributed by atoms with E-state index in [1.54, 1.807) is 6.07 Å². The molecule has 0 bridgehead atoms. The predicted octanol–water partition coefficient (Wildman–Crippen LogP) is 4.12. The van der Waals surface area contributed by atoms with Gasteiger partial charge in [0.05, 0.1) is 11.3 Å². The summed E-state index contributed by atoms with van der Waals surface area (Å²) in [6.45, 7) is 0. The van der Waals surface area contributed by atoms with E-state index >= 15 is 0 Å². The maximum Gasteiger partial charge on any atom is 0.338 e. The van der Waals surface area contributed by atoms with Crippen molar-refractivity contribution < 1.29 is 9.90 Å². The van der Waals surface area contributed by atoms with Crippen LogP contribution in [0.2, 0.25) is 0 Å². The van der Waals surface area contributed by atoms with Gasteiger partial charge in [0.15, 0.2) is 0 Å².